The summed E-state index contributed by atoms with van der Waals surface area (Å²) in [5.41, 5.74) is 3.25. The number of nitrogens with one attached hydrogen (secondary N) is 1. The van der Waals surface area contributed by atoms with Crippen LogP contribution in [-0.2, 0) is 0 Å². The minimum Gasteiger partial charge on any atom is -0.361 e. The van der Waals surface area contributed by atoms with E-state index in [4.69, 9.17) is 16.7 Å². The van der Waals surface area contributed by atoms with Crippen LogP contribution in [0.15, 0.2) is 10.7 Å². The van der Waals surface area contributed by atoms with Crippen LogP contribution in [0.2, 0.25) is 0 Å². The van der Waals surface area contributed by atoms with E-state index in [9.17, 15) is 0 Å². The third kappa shape index (κ3) is 2.03. The van der Waals surface area contributed by atoms with Crippen LogP contribution in [0.5, 0.6) is 0 Å². The van der Waals surface area contributed by atoms with E-state index in [1.54, 1.807) is 0 Å². The zero-order chi connectivity index (χ0) is 13.4. The van der Waals surface area contributed by atoms with Gasteiger partial charge in [-0.1, -0.05) is 19.0 Å². The van der Waals surface area contributed by atoms with Gasteiger partial charge in [-0.15, -0.1) is 0 Å². The van der Waals surface area contributed by atoms with Gasteiger partial charge in [0.25, 0.3) is 0 Å². The summed E-state index contributed by atoms with van der Waals surface area (Å²) >= 11 is 5.39. The van der Waals surface area contributed by atoms with E-state index in [0.717, 1.165) is 21.8 Å². The normalized spacial score (nSPS) is 13.2. The Morgan fingerprint density at radius 2 is 2.00 bits per heavy atom. The quantitative estimate of drug-likeness (QED) is 0.857. The number of hydrogen-bond acceptors (Lipinski definition) is 3. The minimum atomic E-state index is 0.132. The molecular formula is C13H19N3OS. The van der Waals surface area contributed by atoms with Crippen molar-refractivity contribution in [2.75, 3.05) is 0 Å². The molecule has 0 saturated heterocycles. The number of aromatic nitrogens is 3. The van der Waals surface area contributed by atoms with Gasteiger partial charge in [-0.25, -0.2) is 0 Å². The number of aryl methyl sites for hydroxylation is 2. The molecule has 0 aliphatic carbocycles. The van der Waals surface area contributed by atoms with Gasteiger partial charge in [0.05, 0.1) is 11.7 Å². The van der Waals surface area contributed by atoms with E-state index < -0.39 is 0 Å². The Balaban J connectivity index is 2.56. The highest BCUT2D eigenvalue weighted by Crippen LogP contribution is 2.28. The highest BCUT2D eigenvalue weighted by molar-refractivity contribution is 7.71. The fraction of sp³-hybridized carbons (Fsp3) is 0.538. The lowest BCUT2D eigenvalue weighted by atomic mass is 10.0. The predicted octanol–water partition coefficient (Wildman–Crippen LogP) is 3.88. The lowest BCUT2D eigenvalue weighted by Crippen LogP contribution is -2.12. The molecule has 0 aliphatic heterocycles. The first kappa shape index (κ1) is 13.1. The monoisotopic (exact) mass is 265 g/mol. The van der Waals surface area contributed by atoms with E-state index in [0.29, 0.717) is 5.92 Å². The van der Waals surface area contributed by atoms with Gasteiger partial charge in [0, 0.05) is 17.5 Å². The summed E-state index contributed by atoms with van der Waals surface area (Å²) in [5, 5.41) is 4.02. The Labute approximate surface area is 112 Å². The fourth-order valence-electron chi connectivity index (χ4n) is 2.45. The molecule has 0 spiro atoms. The lowest BCUT2D eigenvalue weighted by Gasteiger charge is -2.18. The van der Waals surface area contributed by atoms with Crippen molar-refractivity contribution in [3.05, 3.63) is 33.7 Å². The highest BCUT2D eigenvalue weighted by Gasteiger charge is 2.21. The minimum absolute atomic E-state index is 0.132. The molecule has 2 aromatic rings. The maximum absolute atomic E-state index is 5.39. The first-order chi connectivity index (χ1) is 8.43. The molecule has 98 valence electrons. The van der Waals surface area contributed by atoms with Crippen LogP contribution >= 0.6 is 12.2 Å². The molecule has 1 N–H and O–H groups in total. The van der Waals surface area contributed by atoms with Crippen molar-refractivity contribution in [2.45, 2.75) is 46.6 Å². The van der Waals surface area contributed by atoms with Crippen molar-refractivity contribution in [1.82, 2.24) is 14.7 Å². The van der Waals surface area contributed by atoms with Gasteiger partial charge in [0.2, 0.25) is 0 Å². The van der Waals surface area contributed by atoms with Crippen LogP contribution in [0.4, 0.5) is 0 Å². The van der Waals surface area contributed by atoms with Crippen LogP contribution < -0.4 is 0 Å². The van der Waals surface area contributed by atoms with Crippen molar-refractivity contribution in [1.29, 1.82) is 0 Å². The number of H-pyrrole nitrogens is 1. The Morgan fingerprint density at radius 1 is 1.33 bits per heavy atom. The van der Waals surface area contributed by atoms with E-state index in [1.807, 2.05) is 20.0 Å². The molecule has 0 radical (unpaired) electrons. The smallest absolute Gasteiger partial charge is 0.177 e. The van der Waals surface area contributed by atoms with Gasteiger partial charge in [0.15, 0.2) is 4.77 Å². The summed E-state index contributed by atoms with van der Waals surface area (Å²) in [6.45, 7) is 10.4. The van der Waals surface area contributed by atoms with Gasteiger partial charge in [0.1, 0.15) is 5.76 Å². The molecule has 0 fully saturated rings. The predicted molar refractivity (Wildman–Crippen MR) is 73.5 cm³/mol. The SMILES string of the molecule is Cc1noc(C)c1C(C)n1c(C(C)C)c[nH]c1=S. The Kier molecular flexibility index (Phi) is 3.43. The number of rotatable bonds is 3. The molecule has 0 amide bonds. The summed E-state index contributed by atoms with van der Waals surface area (Å²) in [6.07, 6.45) is 1.99. The van der Waals surface area contributed by atoms with E-state index in [2.05, 4.69) is 35.5 Å². The summed E-state index contributed by atoms with van der Waals surface area (Å²) in [5.74, 6) is 1.28. The molecule has 1 unspecified atom stereocenters. The van der Waals surface area contributed by atoms with Gasteiger partial charge in [-0.2, -0.15) is 0 Å². The van der Waals surface area contributed by atoms with Crippen molar-refractivity contribution in [3.8, 4) is 0 Å². The number of nitrogens with zero attached hydrogens (tertiary/aromatic N) is 2. The molecule has 18 heavy (non-hydrogen) atoms. The molecule has 2 rings (SSSR count). The first-order valence-electron chi connectivity index (χ1n) is 6.16. The zero-order valence-corrected chi connectivity index (χ0v) is 12.3. The topological polar surface area (TPSA) is 46.8 Å². The summed E-state index contributed by atoms with van der Waals surface area (Å²) in [6, 6.07) is 0.132. The third-order valence-electron chi connectivity index (χ3n) is 3.33. The molecule has 5 heteroatoms. The zero-order valence-electron chi connectivity index (χ0n) is 11.4. The van der Waals surface area contributed by atoms with Crippen LogP contribution in [0, 0.1) is 18.6 Å². The number of aromatic amines is 1. The van der Waals surface area contributed by atoms with Crippen LogP contribution in [0.25, 0.3) is 0 Å². The molecule has 2 heterocycles. The standard InChI is InChI=1S/C13H19N3OS/c1-7(2)11-6-14-13(18)16(11)9(4)12-8(3)15-17-10(12)5/h6-7,9H,1-5H3,(H,14,18). The van der Waals surface area contributed by atoms with Crippen molar-refractivity contribution in [2.24, 2.45) is 0 Å². The second-order valence-corrected chi connectivity index (χ2v) is 5.34. The van der Waals surface area contributed by atoms with E-state index >= 15 is 0 Å². The Morgan fingerprint density at radius 3 is 2.50 bits per heavy atom. The molecule has 4 nitrogen and oxygen atoms in total. The maximum Gasteiger partial charge on any atom is 0.177 e. The van der Waals surface area contributed by atoms with Gasteiger partial charge in [-0.3, -0.25) is 0 Å². The third-order valence-corrected chi connectivity index (χ3v) is 3.64. The van der Waals surface area contributed by atoms with Gasteiger partial charge in [-0.05, 0) is 38.9 Å². The second-order valence-electron chi connectivity index (χ2n) is 4.96. The fourth-order valence-corrected chi connectivity index (χ4v) is 2.77. The molecular weight excluding hydrogens is 246 g/mol. The van der Waals surface area contributed by atoms with Crippen molar-refractivity contribution >= 4 is 12.2 Å². The number of imidazole rings is 1. The second kappa shape index (κ2) is 4.72. The van der Waals surface area contributed by atoms with Crippen molar-refractivity contribution in [3.63, 3.8) is 0 Å². The summed E-state index contributed by atoms with van der Waals surface area (Å²) in [4.78, 5) is 3.13. The summed E-state index contributed by atoms with van der Waals surface area (Å²) in [7, 11) is 0. The van der Waals surface area contributed by atoms with E-state index in [-0.39, 0.29) is 6.04 Å². The van der Waals surface area contributed by atoms with Gasteiger partial charge < -0.3 is 14.1 Å². The largest absolute Gasteiger partial charge is 0.361 e. The molecule has 1 atom stereocenters. The van der Waals surface area contributed by atoms with E-state index in [1.165, 1.54) is 5.69 Å². The average molecular weight is 265 g/mol. The molecule has 0 aliphatic rings. The molecule has 0 saturated carbocycles. The Hall–Kier alpha value is -1.36. The van der Waals surface area contributed by atoms with Crippen LogP contribution in [-0.4, -0.2) is 14.7 Å². The Bertz CT molecular complexity index is 587. The highest BCUT2D eigenvalue weighted by atomic mass is 32.1. The van der Waals surface area contributed by atoms with Gasteiger partial charge >= 0.3 is 0 Å². The lowest BCUT2D eigenvalue weighted by molar-refractivity contribution is 0.390. The van der Waals surface area contributed by atoms with Crippen LogP contribution in [0.1, 0.15) is 55.4 Å². The maximum atomic E-state index is 5.39. The van der Waals surface area contributed by atoms with Crippen LogP contribution in [0.3, 0.4) is 0 Å². The first-order valence-corrected chi connectivity index (χ1v) is 6.56. The molecule has 0 aromatic carbocycles. The molecule has 2 aromatic heterocycles. The molecule has 0 bridgehead atoms. The summed E-state index contributed by atoms with van der Waals surface area (Å²) < 4.78 is 8.13. The van der Waals surface area contributed by atoms with Crippen molar-refractivity contribution < 1.29 is 4.52 Å². The number of hydrogen-bond donors (Lipinski definition) is 1. The average Bonchev–Trinajstić information content (AvgIpc) is 2.82.